The Labute approximate surface area is 270 Å². The number of aromatic nitrogens is 3. The standard InChI is InChI=1S/C23H24N6OS.C12H13F3/c1-15-11-21(31-22(15)23(24)30)29-14-26-18-12-16(3-4-19(18)29)17-5-6-25-20(13-17)28-9-7-27(2)8-10-28;1-8(9-6-7-9)10-4-2-3-5-11(10)12(13,14)15/h3-6,11-14H,7-10H2,1-2H3,(H2,24,30);2-5,8-9H,6-7H2,1H3. The lowest BCUT2D eigenvalue weighted by Gasteiger charge is -2.33. The van der Waals surface area contributed by atoms with Crippen LogP contribution in [0.1, 0.15) is 52.0 Å². The second-order valence-corrected chi connectivity index (χ2v) is 13.2. The van der Waals surface area contributed by atoms with Crippen molar-refractivity contribution in [3.63, 3.8) is 0 Å². The van der Waals surface area contributed by atoms with Crippen LogP contribution in [0.25, 0.3) is 27.2 Å². The number of piperazine rings is 1. The molecule has 46 heavy (non-hydrogen) atoms. The van der Waals surface area contributed by atoms with E-state index in [1.54, 1.807) is 18.5 Å². The molecule has 1 saturated heterocycles. The number of carbonyl (C=O) groups is 1. The highest BCUT2D eigenvalue weighted by Crippen LogP contribution is 2.45. The van der Waals surface area contributed by atoms with E-state index in [0.717, 1.165) is 77.6 Å². The predicted molar refractivity (Wildman–Crippen MR) is 178 cm³/mol. The Morgan fingerprint density at radius 3 is 2.37 bits per heavy atom. The van der Waals surface area contributed by atoms with Gasteiger partial charge in [0.2, 0.25) is 0 Å². The lowest BCUT2D eigenvalue weighted by atomic mass is 9.92. The summed E-state index contributed by atoms with van der Waals surface area (Å²) in [4.78, 5) is 26.1. The summed E-state index contributed by atoms with van der Waals surface area (Å²) in [6, 6.07) is 18.4. The number of primary amides is 1. The van der Waals surface area contributed by atoms with Crippen molar-refractivity contribution in [3.05, 3.63) is 94.8 Å². The quantitative estimate of drug-likeness (QED) is 0.206. The second kappa shape index (κ2) is 12.9. The number of anilines is 1. The fraction of sp³-hybridized carbons (Fsp3) is 0.343. The number of alkyl halides is 3. The number of halogens is 3. The number of rotatable bonds is 6. The molecule has 1 aliphatic heterocycles. The number of thiophene rings is 1. The molecule has 4 heterocycles. The number of benzene rings is 2. The van der Waals surface area contributed by atoms with Crippen LogP contribution in [0, 0.1) is 12.8 Å². The number of aryl methyl sites for hydroxylation is 1. The minimum atomic E-state index is -4.22. The topological polar surface area (TPSA) is 80.3 Å². The molecule has 240 valence electrons. The lowest BCUT2D eigenvalue weighted by molar-refractivity contribution is -0.138. The van der Waals surface area contributed by atoms with Gasteiger partial charge >= 0.3 is 6.18 Å². The summed E-state index contributed by atoms with van der Waals surface area (Å²) >= 11 is 1.39. The summed E-state index contributed by atoms with van der Waals surface area (Å²) in [5.41, 5.74) is 10.5. The van der Waals surface area contributed by atoms with E-state index < -0.39 is 17.6 Å². The minimum Gasteiger partial charge on any atom is -0.365 e. The molecule has 0 radical (unpaired) electrons. The third-order valence-electron chi connectivity index (χ3n) is 8.91. The maximum Gasteiger partial charge on any atom is 0.416 e. The SMILES string of the molecule is CC(c1ccccc1C(F)(F)F)C1CC1.Cc1cc(-n2cnc3cc(-c4ccnc(N5CCN(C)CC5)c4)ccc32)sc1C(N)=O. The largest absolute Gasteiger partial charge is 0.416 e. The van der Waals surface area contributed by atoms with E-state index in [9.17, 15) is 18.0 Å². The van der Waals surface area contributed by atoms with E-state index in [0.29, 0.717) is 16.4 Å². The molecule has 2 N–H and O–H groups in total. The molecule has 2 aliphatic rings. The smallest absolute Gasteiger partial charge is 0.365 e. The summed E-state index contributed by atoms with van der Waals surface area (Å²) < 4.78 is 40.1. The predicted octanol–water partition coefficient (Wildman–Crippen LogP) is 7.53. The molecule has 0 spiro atoms. The van der Waals surface area contributed by atoms with E-state index in [4.69, 9.17) is 5.73 Å². The monoisotopic (exact) mass is 646 g/mol. The molecule has 3 aromatic heterocycles. The molecule has 1 aliphatic carbocycles. The Balaban J connectivity index is 0.000000208. The first kappa shape index (κ1) is 31.7. The Morgan fingerprint density at radius 2 is 1.70 bits per heavy atom. The molecule has 1 atom stereocenters. The highest BCUT2D eigenvalue weighted by Gasteiger charge is 2.37. The van der Waals surface area contributed by atoms with Gasteiger partial charge in [0.05, 0.1) is 21.5 Å². The molecule has 1 saturated carbocycles. The van der Waals surface area contributed by atoms with Gasteiger partial charge in [-0.1, -0.05) is 31.2 Å². The zero-order valence-electron chi connectivity index (χ0n) is 26.1. The number of hydrogen-bond acceptors (Lipinski definition) is 6. The van der Waals surface area contributed by atoms with E-state index in [-0.39, 0.29) is 5.92 Å². The van der Waals surface area contributed by atoms with E-state index in [2.05, 4.69) is 51.1 Å². The number of fused-ring (bicyclic) bond motifs is 1. The first-order valence-electron chi connectivity index (χ1n) is 15.4. The van der Waals surface area contributed by atoms with Gasteiger partial charge in [-0.15, -0.1) is 11.3 Å². The molecule has 5 aromatic rings. The maximum atomic E-state index is 12.7. The molecule has 2 aromatic carbocycles. The van der Waals surface area contributed by atoms with Crippen LogP contribution in [-0.4, -0.2) is 58.6 Å². The van der Waals surface area contributed by atoms with Gasteiger partial charge in [0.25, 0.3) is 5.91 Å². The highest BCUT2D eigenvalue weighted by atomic mass is 32.1. The summed E-state index contributed by atoms with van der Waals surface area (Å²) in [7, 11) is 2.15. The lowest BCUT2D eigenvalue weighted by Crippen LogP contribution is -2.44. The molecular weight excluding hydrogens is 609 g/mol. The van der Waals surface area contributed by atoms with Crippen molar-refractivity contribution in [2.45, 2.75) is 38.8 Å². The average molecular weight is 647 g/mol. The van der Waals surface area contributed by atoms with Gasteiger partial charge in [-0.2, -0.15) is 13.2 Å². The summed E-state index contributed by atoms with van der Waals surface area (Å²) in [6.45, 7) is 7.87. The highest BCUT2D eigenvalue weighted by molar-refractivity contribution is 7.16. The van der Waals surface area contributed by atoms with Crippen LogP contribution in [0.5, 0.6) is 0 Å². The van der Waals surface area contributed by atoms with Gasteiger partial charge in [0.15, 0.2) is 0 Å². The normalized spacial score (nSPS) is 16.3. The zero-order valence-corrected chi connectivity index (χ0v) is 26.9. The summed E-state index contributed by atoms with van der Waals surface area (Å²) in [6.07, 6.45) is 1.58. The first-order valence-corrected chi connectivity index (χ1v) is 16.2. The van der Waals surface area contributed by atoms with Crippen molar-refractivity contribution in [3.8, 4) is 16.1 Å². The third-order valence-corrected chi connectivity index (χ3v) is 10.2. The van der Waals surface area contributed by atoms with Crippen LogP contribution in [0.3, 0.4) is 0 Å². The second-order valence-electron chi connectivity index (χ2n) is 12.2. The fourth-order valence-electron chi connectivity index (χ4n) is 6.01. The van der Waals surface area contributed by atoms with Crippen molar-refractivity contribution in [2.75, 3.05) is 38.1 Å². The van der Waals surface area contributed by atoms with Crippen LogP contribution in [0.4, 0.5) is 19.0 Å². The van der Waals surface area contributed by atoms with Crippen LogP contribution in [0.2, 0.25) is 0 Å². The van der Waals surface area contributed by atoms with Crippen LogP contribution in [0.15, 0.2) is 73.2 Å². The first-order chi connectivity index (χ1) is 22.0. The number of carbonyl (C=O) groups excluding carboxylic acids is 1. The Hall–Kier alpha value is -4.22. The number of likely N-dealkylation sites (N-methyl/N-ethyl adjacent to an activating group) is 1. The van der Waals surface area contributed by atoms with Crippen LogP contribution >= 0.6 is 11.3 Å². The van der Waals surface area contributed by atoms with Crippen molar-refractivity contribution in [2.24, 2.45) is 11.7 Å². The minimum absolute atomic E-state index is 0.0304. The van der Waals surface area contributed by atoms with Gasteiger partial charge in [0, 0.05) is 32.4 Å². The van der Waals surface area contributed by atoms with Gasteiger partial charge in [-0.05, 0) is 97.3 Å². The van der Waals surface area contributed by atoms with Gasteiger partial charge in [-0.25, -0.2) is 9.97 Å². The van der Waals surface area contributed by atoms with Crippen LogP contribution in [-0.2, 0) is 6.18 Å². The van der Waals surface area contributed by atoms with E-state index in [1.807, 2.05) is 36.7 Å². The fourth-order valence-corrected chi connectivity index (χ4v) is 7.01. The van der Waals surface area contributed by atoms with Crippen molar-refractivity contribution < 1.29 is 18.0 Å². The van der Waals surface area contributed by atoms with Gasteiger partial charge in [-0.3, -0.25) is 9.36 Å². The zero-order chi connectivity index (χ0) is 32.6. The number of nitrogens with zero attached hydrogens (tertiary/aromatic N) is 5. The van der Waals surface area contributed by atoms with Crippen molar-refractivity contribution >= 4 is 34.1 Å². The molecule has 2 fully saturated rings. The Morgan fingerprint density at radius 1 is 0.978 bits per heavy atom. The van der Waals surface area contributed by atoms with E-state index >= 15 is 0 Å². The molecule has 11 heteroatoms. The number of imidazole rings is 1. The molecule has 1 amide bonds. The van der Waals surface area contributed by atoms with Crippen molar-refractivity contribution in [1.29, 1.82) is 0 Å². The molecule has 1 unspecified atom stereocenters. The summed E-state index contributed by atoms with van der Waals surface area (Å²) in [5.74, 6) is 1.11. The third kappa shape index (κ3) is 6.80. The average Bonchev–Trinajstić information content (AvgIpc) is 3.70. The Kier molecular flexibility index (Phi) is 8.89. The molecule has 7 rings (SSSR count). The molecular formula is C35H37F3N6OS. The van der Waals surface area contributed by atoms with Crippen LogP contribution < -0.4 is 10.6 Å². The molecule has 0 bridgehead atoms. The molecule has 7 nitrogen and oxygen atoms in total. The van der Waals surface area contributed by atoms with E-state index in [1.165, 1.54) is 23.5 Å². The number of hydrogen-bond donors (Lipinski definition) is 1. The number of amides is 1. The Bertz CT molecular complexity index is 1850. The van der Waals surface area contributed by atoms with Gasteiger partial charge in [0.1, 0.15) is 17.1 Å². The summed E-state index contributed by atoms with van der Waals surface area (Å²) in [5, 5.41) is 0.933. The van der Waals surface area contributed by atoms with Crippen molar-refractivity contribution in [1.82, 2.24) is 19.4 Å². The number of nitrogens with two attached hydrogens (primary N) is 1. The number of pyridine rings is 1. The van der Waals surface area contributed by atoms with Gasteiger partial charge < -0.3 is 15.5 Å². The maximum absolute atomic E-state index is 12.7.